The van der Waals surface area contributed by atoms with Crippen LogP contribution < -0.4 is 10.5 Å². The predicted octanol–water partition coefficient (Wildman–Crippen LogP) is 1.73. The van der Waals surface area contributed by atoms with Crippen LogP contribution in [0.2, 0.25) is 0 Å². The first-order chi connectivity index (χ1) is 9.90. The molecule has 6 heteroatoms. The van der Waals surface area contributed by atoms with E-state index in [9.17, 15) is 8.42 Å². The minimum atomic E-state index is -3.49. The Morgan fingerprint density at radius 1 is 1.43 bits per heavy atom. The normalized spacial score (nSPS) is 12.6. The van der Waals surface area contributed by atoms with Gasteiger partial charge in [-0.15, -0.1) is 0 Å². The highest BCUT2D eigenvalue weighted by Gasteiger charge is 2.17. The third-order valence-corrected chi connectivity index (χ3v) is 5.49. The zero-order valence-corrected chi connectivity index (χ0v) is 14.3. The number of nitrogens with one attached hydrogen (secondary N) is 1. The molecule has 0 aliphatic rings. The molecule has 1 aromatic rings. The van der Waals surface area contributed by atoms with Crippen molar-refractivity contribution in [3.63, 3.8) is 0 Å². The predicted molar refractivity (Wildman–Crippen MR) is 89.9 cm³/mol. The zero-order valence-electron chi connectivity index (χ0n) is 12.6. The van der Waals surface area contributed by atoms with Crippen molar-refractivity contribution in [3.05, 3.63) is 29.3 Å². The van der Waals surface area contributed by atoms with Crippen molar-refractivity contribution in [3.8, 4) is 11.8 Å². The Morgan fingerprint density at radius 3 is 2.71 bits per heavy atom. The molecule has 0 heterocycles. The molecule has 0 aliphatic heterocycles. The van der Waals surface area contributed by atoms with Gasteiger partial charge >= 0.3 is 0 Å². The molecule has 4 nitrogen and oxygen atoms in total. The minimum Gasteiger partial charge on any atom is -0.320 e. The Labute approximate surface area is 131 Å². The van der Waals surface area contributed by atoms with E-state index in [2.05, 4.69) is 23.5 Å². The van der Waals surface area contributed by atoms with Crippen molar-refractivity contribution in [2.45, 2.75) is 31.7 Å². The maximum Gasteiger partial charge on any atom is 0.240 e. The van der Waals surface area contributed by atoms with E-state index in [-0.39, 0.29) is 17.5 Å². The van der Waals surface area contributed by atoms with Crippen LogP contribution in [0, 0.1) is 18.8 Å². The van der Waals surface area contributed by atoms with Crippen LogP contribution in [0.3, 0.4) is 0 Å². The van der Waals surface area contributed by atoms with E-state index in [0.29, 0.717) is 0 Å². The number of sulfonamides is 1. The van der Waals surface area contributed by atoms with Crippen LogP contribution in [0.5, 0.6) is 0 Å². The van der Waals surface area contributed by atoms with Gasteiger partial charge in [-0.3, -0.25) is 0 Å². The molecule has 0 radical (unpaired) electrons. The summed E-state index contributed by atoms with van der Waals surface area (Å²) in [5, 5.41) is 0. The molecule has 0 saturated carbocycles. The largest absolute Gasteiger partial charge is 0.320 e. The smallest absolute Gasteiger partial charge is 0.240 e. The minimum absolute atomic E-state index is 0.100. The van der Waals surface area contributed by atoms with Gasteiger partial charge in [-0.25, -0.2) is 13.1 Å². The molecule has 1 atom stereocenters. The number of thioether (sulfide) groups is 1. The van der Waals surface area contributed by atoms with Crippen molar-refractivity contribution in [2.24, 2.45) is 5.73 Å². The summed E-state index contributed by atoms with van der Waals surface area (Å²) < 4.78 is 27.3. The van der Waals surface area contributed by atoms with E-state index in [4.69, 9.17) is 5.73 Å². The number of benzene rings is 1. The Balaban J connectivity index is 2.91. The fraction of sp³-hybridized carbons (Fsp3) is 0.467. The third-order valence-electron chi connectivity index (χ3n) is 2.76. The molecule has 0 aliphatic carbocycles. The van der Waals surface area contributed by atoms with Crippen LogP contribution in [0.15, 0.2) is 23.1 Å². The van der Waals surface area contributed by atoms with Crippen molar-refractivity contribution in [1.29, 1.82) is 0 Å². The second kappa shape index (κ2) is 8.44. The van der Waals surface area contributed by atoms with Crippen LogP contribution in [0.4, 0.5) is 0 Å². The summed E-state index contributed by atoms with van der Waals surface area (Å²) in [6, 6.07) is 4.84. The van der Waals surface area contributed by atoms with Gasteiger partial charge in [0.2, 0.25) is 10.0 Å². The molecule has 0 amide bonds. The highest BCUT2D eigenvalue weighted by Crippen LogP contribution is 2.15. The maximum absolute atomic E-state index is 12.3. The van der Waals surface area contributed by atoms with Gasteiger partial charge in [0.25, 0.3) is 0 Å². The average molecular weight is 326 g/mol. The quantitative estimate of drug-likeness (QED) is 0.781. The lowest BCUT2D eigenvalue weighted by Gasteiger charge is -2.14. The maximum atomic E-state index is 12.3. The molecule has 0 saturated heterocycles. The van der Waals surface area contributed by atoms with E-state index in [1.807, 2.05) is 13.8 Å². The molecule has 1 aromatic carbocycles. The van der Waals surface area contributed by atoms with Crippen LogP contribution >= 0.6 is 11.8 Å². The molecule has 1 unspecified atom stereocenters. The fourth-order valence-corrected chi connectivity index (χ4v) is 3.86. The van der Waals surface area contributed by atoms with Gasteiger partial charge in [-0.2, -0.15) is 11.8 Å². The first-order valence-electron chi connectivity index (χ1n) is 6.80. The molecule has 0 aromatic heterocycles. The van der Waals surface area contributed by atoms with E-state index < -0.39 is 10.0 Å². The molecule has 0 spiro atoms. The number of aryl methyl sites for hydroxylation is 1. The van der Waals surface area contributed by atoms with E-state index in [0.717, 1.165) is 22.6 Å². The monoisotopic (exact) mass is 326 g/mol. The van der Waals surface area contributed by atoms with Gasteiger partial charge in [0.15, 0.2) is 0 Å². The van der Waals surface area contributed by atoms with Gasteiger partial charge in [-0.1, -0.05) is 18.8 Å². The van der Waals surface area contributed by atoms with Gasteiger partial charge in [0.1, 0.15) is 0 Å². The van der Waals surface area contributed by atoms with Crippen molar-refractivity contribution < 1.29 is 8.42 Å². The van der Waals surface area contributed by atoms with Gasteiger partial charge in [-0.05, 0) is 43.4 Å². The molecule has 3 N–H and O–H groups in total. The lowest BCUT2D eigenvalue weighted by molar-refractivity contribution is 0.571. The zero-order chi connectivity index (χ0) is 15.9. The summed E-state index contributed by atoms with van der Waals surface area (Å²) >= 11 is 1.71. The molecular weight excluding hydrogens is 304 g/mol. The standard InChI is InChI=1S/C15H22N2O2S2/c1-4-20-11-13(3)17-21(18,19)15-8-7-14(6-5-9-16)12(2)10-15/h7-8,10,13,17H,4,9,11,16H2,1-3H3. The Bertz CT molecular complexity index is 631. The second-order valence-corrected chi connectivity index (χ2v) is 7.70. The Morgan fingerprint density at radius 2 is 2.14 bits per heavy atom. The van der Waals surface area contributed by atoms with Crippen molar-refractivity contribution in [1.82, 2.24) is 4.72 Å². The molecule has 1 rings (SSSR count). The molecule has 0 fully saturated rings. The van der Waals surface area contributed by atoms with Crippen LogP contribution in [-0.4, -0.2) is 32.5 Å². The number of hydrogen-bond donors (Lipinski definition) is 2. The lowest BCUT2D eigenvalue weighted by Crippen LogP contribution is -2.34. The summed E-state index contributed by atoms with van der Waals surface area (Å²) in [4.78, 5) is 0.270. The van der Waals surface area contributed by atoms with Gasteiger partial charge in [0.05, 0.1) is 11.4 Å². The third kappa shape index (κ3) is 5.71. The van der Waals surface area contributed by atoms with Gasteiger partial charge in [0, 0.05) is 17.4 Å². The summed E-state index contributed by atoms with van der Waals surface area (Å²) in [6.45, 7) is 6.05. The average Bonchev–Trinajstić information content (AvgIpc) is 2.43. The van der Waals surface area contributed by atoms with Crippen molar-refractivity contribution in [2.75, 3.05) is 18.1 Å². The summed E-state index contributed by atoms with van der Waals surface area (Å²) in [6.07, 6.45) is 0. The van der Waals surface area contributed by atoms with Crippen LogP contribution in [0.25, 0.3) is 0 Å². The molecule has 0 bridgehead atoms. The van der Waals surface area contributed by atoms with E-state index in [1.165, 1.54) is 0 Å². The van der Waals surface area contributed by atoms with Crippen LogP contribution in [0.1, 0.15) is 25.0 Å². The number of rotatable bonds is 6. The Hall–Kier alpha value is -1.00. The topological polar surface area (TPSA) is 72.2 Å². The first kappa shape index (κ1) is 18.1. The molecule has 21 heavy (non-hydrogen) atoms. The van der Waals surface area contributed by atoms with Crippen LogP contribution in [-0.2, 0) is 10.0 Å². The van der Waals surface area contributed by atoms with Crippen molar-refractivity contribution >= 4 is 21.8 Å². The highest BCUT2D eigenvalue weighted by molar-refractivity contribution is 7.99. The number of hydrogen-bond acceptors (Lipinski definition) is 4. The highest BCUT2D eigenvalue weighted by atomic mass is 32.2. The SMILES string of the molecule is CCSCC(C)NS(=O)(=O)c1ccc(C#CCN)c(C)c1. The van der Waals surface area contributed by atoms with E-state index >= 15 is 0 Å². The lowest BCUT2D eigenvalue weighted by atomic mass is 10.1. The summed E-state index contributed by atoms with van der Waals surface area (Å²) in [5.74, 6) is 7.43. The fourth-order valence-electron chi connectivity index (χ4n) is 1.75. The summed E-state index contributed by atoms with van der Waals surface area (Å²) in [5.41, 5.74) is 6.97. The Kier molecular flexibility index (Phi) is 7.26. The molecular formula is C15H22N2O2S2. The van der Waals surface area contributed by atoms with E-state index in [1.54, 1.807) is 30.0 Å². The summed E-state index contributed by atoms with van der Waals surface area (Å²) in [7, 11) is -3.49. The first-order valence-corrected chi connectivity index (χ1v) is 9.44. The number of nitrogens with two attached hydrogens (primary N) is 1. The van der Waals surface area contributed by atoms with Gasteiger partial charge < -0.3 is 5.73 Å². The molecule has 116 valence electrons. The second-order valence-electron chi connectivity index (χ2n) is 4.66.